The quantitative estimate of drug-likeness (QED) is 0.286. The molecule has 3 rings (SSSR count). The summed E-state index contributed by atoms with van der Waals surface area (Å²) in [5, 5.41) is 9.32. The third kappa shape index (κ3) is 5.79. The van der Waals surface area contributed by atoms with Crippen LogP contribution in [0.25, 0.3) is 11.5 Å². The Balaban J connectivity index is 1.62. The highest BCUT2D eigenvalue weighted by atomic mass is 35.5. The summed E-state index contributed by atoms with van der Waals surface area (Å²) in [5.74, 6) is 1.98. The van der Waals surface area contributed by atoms with Gasteiger partial charge in [-0.3, -0.25) is 0 Å². The second-order valence-electron chi connectivity index (χ2n) is 6.14. The van der Waals surface area contributed by atoms with E-state index in [1.165, 1.54) is 16.1 Å². The number of sulfonamides is 1. The normalized spacial score (nSPS) is 11.9. The minimum absolute atomic E-state index is 0.218. The predicted octanol–water partition coefficient (Wildman–Crippen LogP) is 5.30. The Morgan fingerprint density at radius 3 is 2.40 bits per heavy atom. The molecule has 0 saturated carbocycles. The predicted molar refractivity (Wildman–Crippen MR) is 123 cm³/mol. The lowest BCUT2D eigenvalue weighted by Gasteiger charge is -2.18. The summed E-state index contributed by atoms with van der Waals surface area (Å²) in [4.78, 5) is 1.37. The van der Waals surface area contributed by atoms with Crippen LogP contribution in [0, 0.1) is 0 Å². The van der Waals surface area contributed by atoms with Crippen molar-refractivity contribution in [1.29, 1.82) is 0 Å². The molecule has 0 saturated heterocycles. The van der Waals surface area contributed by atoms with Crippen LogP contribution >= 0.6 is 35.1 Å². The molecule has 0 amide bonds. The van der Waals surface area contributed by atoms with Crippen molar-refractivity contribution in [2.45, 2.75) is 28.9 Å². The zero-order chi connectivity index (χ0) is 21.6. The van der Waals surface area contributed by atoms with Crippen molar-refractivity contribution in [2.24, 2.45) is 0 Å². The van der Waals surface area contributed by atoms with Crippen molar-refractivity contribution in [1.82, 2.24) is 14.5 Å². The van der Waals surface area contributed by atoms with Crippen LogP contribution in [-0.2, 0) is 10.0 Å². The highest BCUT2D eigenvalue weighted by molar-refractivity contribution is 8.02. The van der Waals surface area contributed by atoms with Gasteiger partial charge in [-0.15, -0.1) is 22.0 Å². The van der Waals surface area contributed by atoms with Gasteiger partial charge in [0.05, 0.1) is 4.90 Å². The Bertz CT molecular complexity index is 1070. The van der Waals surface area contributed by atoms with E-state index >= 15 is 0 Å². The lowest BCUT2D eigenvalue weighted by atomic mass is 10.2. The fraction of sp³-hybridized carbons (Fsp3) is 0.300. The van der Waals surface area contributed by atoms with E-state index in [0.29, 0.717) is 29.8 Å². The van der Waals surface area contributed by atoms with Crippen molar-refractivity contribution in [2.75, 3.05) is 24.6 Å². The smallest absolute Gasteiger partial charge is 0.276 e. The SMILES string of the molecule is CCN(CC)S(=O)(=O)c1cccc(-c2nnc(SCCSc3ccc(Cl)cc3)o2)c1. The largest absolute Gasteiger partial charge is 0.411 e. The van der Waals surface area contributed by atoms with Gasteiger partial charge in [-0.2, -0.15) is 4.31 Å². The summed E-state index contributed by atoms with van der Waals surface area (Å²) in [7, 11) is -3.54. The molecule has 0 aliphatic carbocycles. The summed E-state index contributed by atoms with van der Waals surface area (Å²) in [6.45, 7) is 4.46. The lowest BCUT2D eigenvalue weighted by molar-refractivity contribution is 0.445. The molecule has 0 aliphatic rings. The Morgan fingerprint density at radius 2 is 1.70 bits per heavy atom. The molecule has 6 nitrogen and oxygen atoms in total. The van der Waals surface area contributed by atoms with Gasteiger partial charge in [-0.05, 0) is 42.5 Å². The average Bonchev–Trinajstić information content (AvgIpc) is 3.22. The molecular weight excluding hydrogens is 462 g/mol. The maximum Gasteiger partial charge on any atom is 0.276 e. The third-order valence-electron chi connectivity index (χ3n) is 4.22. The van der Waals surface area contributed by atoms with Gasteiger partial charge in [0.15, 0.2) is 0 Å². The first-order valence-electron chi connectivity index (χ1n) is 9.39. The van der Waals surface area contributed by atoms with Crippen molar-refractivity contribution in [3.8, 4) is 11.5 Å². The van der Waals surface area contributed by atoms with Crippen LogP contribution in [0.15, 0.2) is 68.0 Å². The number of nitrogens with zero attached hydrogens (tertiary/aromatic N) is 3. The van der Waals surface area contributed by atoms with Gasteiger partial charge in [0.1, 0.15) is 0 Å². The van der Waals surface area contributed by atoms with Crippen molar-refractivity contribution < 1.29 is 12.8 Å². The van der Waals surface area contributed by atoms with E-state index in [4.69, 9.17) is 16.0 Å². The first-order chi connectivity index (χ1) is 14.4. The number of hydrogen-bond donors (Lipinski definition) is 0. The van der Waals surface area contributed by atoms with Gasteiger partial charge in [0.2, 0.25) is 15.9 Å². The van der Waals surface area contributed by atoms with Gasteiger partial charge < -0.3 is 4.42 Å². The number of aromatic nitrogens is 2. The van der Waals surface area contributed by atoms with E-state index in [9.17, 15) is 8.42 Å². The van der Waals surface area contributed by atoms with Gasteiger partial charge in [0.25, 0.3) is 5.22 Å². The minimum Gasteiger partial charge on any atom is -0.411 e. The fourth-order valence-electron chi connectivity index (χ4n) is 2.71. The van der Waals surface area contributed by atoms with E-state index < -0.39 is 10.0 Å². The summed E-state index contributed by atoms with van der Waals surface area (Å²) in [6, 6.07) is 14.3. The fourth-order valence-corrected chi connectivity index (χ4v) is 5.98. The number of halogens is 1. The summed E-state index contributed by atoms with van der Waals surface area (Å²) >= 11 is 9.08. The van der Waals surface area contributed by atoms with Crippen LogP contribution in [0.4, 0.5) is 0 Å². The summed E-state index contributed by atoms with van der Waals surface area (Å²) in [5.41, 5.74) is 0.582. The molecule has 2 aromatic carbocycles. The molecule has 3 aromatic rings. The number of rotatable bonds is 10. The van der Waals surface area contributed by atoms with Crippen LogP contribution in [0.5, 0.6) is 0 Å². The number of hydrogen-bond acceptors (Lipinski definition) is 7. The van der Waals surface area contributed by atoms with E-state index in [1.54, 1.807) is 36.0 Å². The highest BCUT2D eigenvalue weighted by Gasteiger charge is 2.22. The van der Waals surface area contributed by atoms with Crippen LogP contribution in [-0.4, -0.2) is 47.5 Å². The third-order valence-corrected chi connectivity index (χ3v) is 8.61. The van der Waals surface area contributed by atoms with Gasteiger partial charge in [-0.1, -0.05) is 43.3 Å². The maximum absolute atomic E-state index is 12.7. The second-order valence-corrected chi connectivity index (χ2v) is 10.7. The monoisotopic (exact) mass is 483 g/mol. The Morgan fingerprint density at radius 1 is 1.00 bits per heavy atom. The molecular formula is C20H22ClN3O3S3. The van der Waals surface area contributed by atoms with E-state index in [-0.39, 0.29) is 4.90 Å². The molecule has 0 bridgehead atoms. The Kier molecular flexibility index (Phi) is 8.24. The maximum atomic E-state index is 12.7. The summed E-state index contributed by atoms with van der Waals surface area (Å²) < 4.78 is 32.6. The summed E-state index contributed by atoms with van der Waals surface area (Å²) in [6.07, 6.45) is 0. The molecule has 0 N–H and O–H groups in total. The van der Waals surface area contributed by atoms with Crippen LogP contribution < -0.4 is 0 Å². The van der Waals surface area contributed by atoms with Crippen LogP contribution in [0.3, 0.4) is 0 Å². The van der Waals surface area contributed by atoms with Crippen molar-refractivity contribution >= 4 is 45.1 Å². The molecule has 30 heavy (non-hydrogen) atoms. The van der Waals surface area contributed by atoms with Crippen molar-refractivity contribution in [3.05, 3.63) is 53.6 Å². The number of benzene rings is 2. The molecule has 0 radical (unpaired) electrons. The van der Waals surface area contributed by atoms with Crippen LogP contribution in [0.1, 0.15) is 13.8 Å². The average molecular weight is 484 g/mol. The molecule has 0 aliphatic heterocycles. The molecule has 160 valence electrons. The van der Waals surface area contributed by atoms with E-state index in [1.807, 2.05) is 38.1 Å². The first-order valence-corrected chi connectivity index (χ1v) is 13.2. The highest BCUT2D eigenvalue weighted by Crippen LogP contribution is 2.27. The molecule has 1 aromatic heterocycles. The Labute approximate surface area is 190 Å². The molecule has 0 unspecified atom stereocenters. The van der Waals surface area contributed by atoms with Gasteiger partial charge in [0, 0.05) is 40.1 Å². The lowest BCUT2D eigenvalue weighted by Crippen LogP contribution is -2.30. The zero-order valence-electron chi connectivity index (χ0n) is 16.6. The zero-order valence-corrected chi connectivity index (χ0v) is 19.8. The van der Waals surface area contributed by atoms with Gasteiger partial charge >= 0.3 is 0 Å². The standard InChI is InChI=1S/C20H22ClN3O3S3/c1-3-24(4-2)30(25,26)18-7-5-6-15(14-18)19-22-23-20(27-19)29-13-12-28-17-10-8-16(21)9-11-17/h5-11,14H,3-4,12-13H2,1-2H3. The van der Waals surface area contributed by atoms with Gasteiger partial charge in [-0.25, -0.2) is 8.42 Å². The Hall–Kier alpha value is -1.52. The minimum atomic E-state index is -3.54. The molecule has 0 atom stereocenters. The first kappa shape index (κ1) is 23.1. The van der Waals surface area contributed by atoms with Crippen LogP contribution in [0.2, 0.25) is 5.02 Å². The van der Waals surface area contributed by atoms with E-state index in [2.05, 4.69) is 10.2 Å². The molecule has 10 heteroatoms. The topological polar surface area (TPSA) is 76.3 Å². The van der Waals surface area contributed by atoms with Crippen molar-refractivity contribution in [3.63, 3.8) is 0 Å². The molecule has 0 fully saturated rings. The molecule has 0 spiro atoms. The number of thioether (sulfide) groups is 2. The van der Waals surface area contributed by atoms with E-state index in [0.717, 1.165) is 21.4 Å². The molecule has 1 heterocycles. The second kappa shape index (κ2) is 10.7.